The van der Waals surface area contributed by atoms with Crippen LogP contribution in [0.5, 0.6) is 0 Å². The normalized spacial score (nSPS) is 17.9. The van der Waals surface area contributed by atoms with Crippen LogP contribution in [0, 0.1) is 17.0 Å². The molecule has 14 heavy (non-hydrogen) atoms. The number of hydrogen-bond acceptors (Lipinski definition) is 3. The van der Waals surface area contributed by atoms with E-state index in [0.29, 0.717) is 24.0 Å². The summed E-state index contributed by atoms with van der Waals surface area (Å²) in [6.07, 6.45) is 1.40. The van der Waals surface area contributed by atoms with Gasteiger partial charge < -0.3 is 5.11 Å². The van der Waals surface area contributed by atoms with Crippen molar-refractivity contribution in [3.63, 3.8) is 0 Å². The molecule has 0 unspecified atom stereocenters. The van der Waals surface area contributed by atoms with E-state index in [1.54, 1.807) is 19.1 Å². The Balaban J connectivity index is 2.46. The average Bonchev–Trinajstić information content (AvgIpc) is 2.85. The fourth-order valence-corrected chi connectivity index (χ4v) is 1.50. The van der Waals surface area contributed by atoms with Crippen LogP contribution in [0.25, 0.3) is 0 Å². The Kier molecular flexibility index (Phi) is 1.82. The van der Waals surface area contributed by atoms with Gasteiger partial charge in [0.25, 0.3) is 5.69 Å². The van der Waals surface area contributed by atoms with E-state index in [0.717, 1.165) is 0 Å². The number of nitrogens with zero attached hydrogens (tertiary/aromatic N) is 1. The quantitative estimate of drug-likeness (QED) is 0.576. The molecule has 0 aromatic heterocycles. The van der Waals surface area contributed by atoms with E-state index in [1.165, 1.54) is 6.07 Å². The minimum Gasteiger partial charge on any atom is -0.385 e. The zero-order valence-electron chi connectivity index (χ0n) is 7.86. The maximum atomic E-state index is 10.6. The van der Waals surface area contributed by atoms with Gasteiger partial charge in [-0.2, -0.15) is 0 Å². The van der Waals surface area contributed by atoms with Gasteiger partial charge in [-0.25, -0.2) is 0 Å². The smallest absolute Gasteiger partial charge is 0.272 e. The second-order valence-electron chi connectivity index (χ2n) is 3.79. The first-order valence-electron chi connectivity index (χ1n) is 4.51. The monoisotopic (exact) mass is 193 g/mol. The van der Waals surface area contributed by atoms with Gasteiger partial charge in [-0.3, -0.25) is 10.1 Å². The Bertz CT molecular complexity index is 396. The van der Waals surface area contributed by atoms with Crippen LogP contribution in [0.1, 0.15) is 24.0 Å². The molecule has 1 aliphatic rings. The van der Waals surface area contributed by atoms with Gasteiger partial charge in [0, 0.05) is 11.6 Å². The van der Waals surface area contributed by atoms with Gasteiger partial charge in [0.05, 0.1) is 10.5 Å². The lowest BCUT2D eigenvalue weighted by atomic mass is 10.0. The Morgan fingerprint density at radius 3 is 2.64 bits per heavy atom. The lowest BCUT2D eigenvalue weighted by molar-refractivity contribution is -0.385. The first-order chi connectivity index (χ1) is 6.53. The van der Waals surface area contributed by atoms with Gasteiger partial charge in [-0.15, -0.1) is 0 Å². The van der Waals surface area contributed by atoms with E-state index < -0.39 is 10.5 Å². The zero-order valence-corrected chi connectivity index (χ0v) is 7.86. The van der Waals surface area contributed by atoms with Gasteiger partial charge in [0.2, 0.25) is 0 Å². The molecule has 0 bridgehead atoms. The van der Waals surface area contributed by atoms with Crippen molar-refractivity contribution in [1.82, 2.24) is 0 Å². The van der Waals surface area contributed by atoms with Crippen molar-refractivity contribution in [2.45, 2.75) is 25.4 Å². The van der Waals surface area contributed by atoms with Crippen molar-refractivity contribution >= 4 is 5.69 Å². The molecule has 2 rings (SSSR count). The number of nitro benzene ring substituents is 1. The summed E-state index contributed by atoms with van der Waals surface area (Å²) in [4.78, 5) is 10.2. The van der Waals surface area contributed by atoms with Crippen LogP contribution in [0.4, 0.5) is 5.69 Å². The largest absolute Gasteiger partial charge is 0.385 e. The van der Waals surface area contributed by atoms with Crippen LogP contribution in [-0.2, 0) is 5.60 Å². The highest BCUT2D eigenvalue weighted by Gasteiger charge is 2.42. The molecule has 0 radical (unpaired) electrons. The van der Waals surface area contributed by atoms with Crippen LogP contribution in [-0.4, -0.2) is 10.0 Å². The molecule has 1 aromatic carbocycles. The van der Waals surface area contributed by atoms with Crippen LogP contribution >= 0.6 is 0 Å². The van der Waals surface area contributed by atoms with Crippen LogP contribution in [0.2, 0.25) is 0 Å². The fourth-order valence-electron chi connectivity index (χ4n) is 1.50. The van der Waals surface area contributed by atoms with Crippen molar-refractivity contribution < 1.29 is 10.0 Å². The highest BCUT2D eigenvalue weighted by Crippen LogP contribution is 2.46. The number of aliphatic hydroxyl groups is 1. The SMILES string of the molecule is Cc1ccc(C2(O)CC2)cc1[N+](=O)[O-]. The molecule has 0 spiro atoms. The molecule has 0 saturated heterocycles. The molecule has 4 nitrogen and oxygen atoms in total. The first-order valence-corrected chi connectivity index (χ1v) is 4.51. The third-order valence-electron chi connectivity index (χ3n) is 2.67. The number of benzene rings is 1. The predicted molar refractivity (Wildman–Crippen MR) is 51.0 cm³/mol. The molecule has 0 atom stereocenters. The van der Waals surface area contributed by atoms with E-state index >= 15 is 0 Å². The van der Waals surface area contributed by atoms with Crippen molar-refractivity contribution in [3.8, 4) is 0 Å². The number of aryl methyl sites for hydroxylation is 1. The lowest BCUT2D eigenvalue weighted by Gasteiger charge is -2.07. The molecular weight excluding hydrogens is 182 g/mol. The van der Waals surface area contributed by atoms with E-state index in [1.807, 2.05) is 0 Å². The van der Waals surface area contributed by atoms with E-state index in [-0.39, 0.29) is 5.69 Å². The minimum atomic E-state index is -0.793. The molecule has 0 amide bonds. The second-order valence-corrected chi connectivity index (χ2v) is 3.79. The summed E-state index contributed by atoms with van der Waals surface area (Å²) in [7, 11) is 0. The molecule has 1 aromatic rings. The molecule has 1 N–H and O–H groups in total. The Morgan fingerprint density at radius 2 is 2.14 bits per heavy atom. The van der Waals surface area contributed by atoms with Crippen molar-refractivity contribution in [1.29, 1.82) is 0 Å². The van der Waals surface area contributed by atoms with Crippen LogP contribution < -0.4 is 0 Å². The summed E-state index contributed by atoms with van der Waals surface area (Å²) in [5.41, 5.74) is 0.582. The van der Waals surface area contributed by atoms with E-state index in [9.17, 15) is 15.2 Å². The number of nitro groups is 1. The Morgan fingerprint density at radius 1 is 1.50 bits per heavy atom. The molecular formula is C10H11NO3. The second kappa shape index (κ2) is 2.78. The number of rotatable bonds is 2. The van der Waals surface area contributed by atoms with Gasteiger partial charge in [-0.1, -0.05) is 12.1 Å². The molecule has 1 saturated carbocycles. The first kappa shape index (κ1) is 9.15. The highest BCUT2D eigenvalue weighted by molar-refractivity contribution is 5.45. The van der Waals surface area contributed by atoms with Crippen molar-refractivity contribution in [2.75, 3.05) is 0 Å². The number of hydrogen-bond donors (Lipinski definition) is 1. The van der Waals surface area contributed by atoms with Crippen LogP contribution in [0.15, 0.2) is 18.2 Å². The zero-order chi connectivity index (χ0) is 10.3. The summed E-state index contributed by atoms with van der Waals surface area (Å²) in [5, 5.41) is 20.4. The molecule has 1 aliphatic carbocycles. The third kappa shape index (κ3) is 1.37. The summed E-state index contributed by atoms with van der Waals surface area (Å²) in [6, 6.07) is 4.92. The molecule has 74 valence electrons. The third-order valence-corrected chi connectivity index (χ3v) is 2.67. The Hall–Kier alpha value is -1.42. The maximum absolute atomic E-state index is 10.6. The summed E-state index contributed by atoms with van der Waals surface area (Å²) < 4.78 is 0. The molecule has 4 heteroatoms. The van der Waals surface area contributed by atoms with Gasteiger partial charge in [0.1, 0.15) is 0 Å². The molecule has 0 aliphatic heterocycles. The Labute approximate surface area is 81.3 Å². The average molecular weight is 193 g/mol. The standard InChI is InChI=1S/C10H11NO3/c1-7-2-3-8(10(12)4-5-10)6-9(7)11(13)14/h2-3,6,12H,4-5H2,1H3. The molecule has 1 fully saturated rings. The van der Waals surface area contributed by atoms with Crippen molar-refractivity contribution in [3.05, 3.63) is 39.4 Å². The van der Waals surface area contributed by atoms with Crippen molar-refractivity contribution in [2.24, 2.45) is 0 Å². The van der Waals surface area contributed by atoms with Gasteiger partial charge in [0.15, 0.2) is 0 Å². The lowest BCUT2D eigenvalue weighted by Crippen LogP contribution is -2.05. The highest BCUT2D eigenvalue weighted by atomic mass is 16.6. The van der Waals surface area contributed by atoms with Gasteiger partial charge in [-0.05, 0) is 25.3 Å². The maximum Gasteiger partial charge on any atom is 0.272 e. The summed E-state index contributed by atoms with van der Waals surface area (Å²) in [5.74, 6) is 0. The predicted octanol–water partition coefficient (Wildman–Crippen LogP) is 1.88. The molecule has 0 heterocycles. The minimum absolute atomic E-state index is 0.0859. The fraction of sp³-hybridized carbons (Fsp3) is 0.400. The summed E-state index contributed by atoms with van der Waals surface area (Å²) in [6.45, 7) is 1.69. The van der Waals surface area contributed by atoms with E-state index in [4.69, 9.17) is 0 Å². The topological polar surface area (TPSA) is 63.4 Å². The van der Waals surface area contributed by atoms with E-state index in [2.05, 4.69) is 0 Å². The van der Waals surface area contributed by atoms with Gasteiger partial charge >= 0.3 is 0 Å². The summed E-state index contributed by atoms with van der Waals surface area (Å²) >= 11 is 0. The van der Waals surface area contributed by atoms with Crippen LogP contribution in [0.3, 0.4) is 0 Å².